The minimum Gasteiger partial charge on any atom is -0.545 e. The first-order valence-electron chi connectivity index (χ1n) is 7.95. The number of amides is 1. The lowest BCUT2D eigenvalue weighted by Crippen LogP contribution is -2.21. The van der Waals surface area contributed by atoms with Crippen molar-refractivity contribution in [2.24, 2.45) is 0 Å². The summed E-state index contributed by atoms with van der Waals surface area (Å²) in [6.45, 7) is 0. The standard InChI is InChI=1S/C19H15N3O3S/c1-22-16-7-4-12(8-13(16)9-17(22)23)15-10-26-19(21-15)20-14-5-2-11(3-6-14)18(24)25/h2-8,10H,9H2,1H3,(H,20,21)(H,24,25)/p-1. The molecule has 0 aliphatic carbocycles. The highest BCUT2D eigenvalue weighted by atomic mass is 32.1. The number of carbonyl (C=O) groups is 2. The number of likely N-dealkylation sites (N-methyl/N-ethyl adjacent to an activating group) is 1. The highest BCUT2D eigenvalue weighted by Crippen LogP contribution is 2.33. The molecule has 2 aromatic carbocycles. The molecule has 0 saturated heterocycles. The van der Waals surface area contributed by atoms with Gasteiger partial charge in [0.2, 0.25) is 5.91 Å². The second-order valence-electron chi connectivity index (χ2n) is 6.00. The Morgan fingerprint density at radius 2 is 2.00 bits per heavy atom. The second-order valence-corrected chi connectivity index (χ2v) is 6.86. The van der Waals surface area contributed by atoms with E-state index in [4.69, 9.17) is 0 Å². The summed E-state index contributed by atoms with van der Waals surface area (Å²) in [7, 11) is 1.78. The first-order valence-corrected chi connectivity index (χ1v) is 8.83. The minimum absolute atomic E-state index is 0.0952. The van der Waals surface area contributed by atoms with Crippen LogP contribution in [0.3, 0.4) is 0 Å². The van der Waals surface area contributed by atoms with Crippen molar-refractivity contribution in [2.75, 3.05) is 17.3 Å². The molecule has 0 spiro atoms. The van der Waals surface area contributed by atoms with Crippen LogP contribution in [0.5, 0.6) is 0 Å². The third-order valence-electron chi connectivity index (χ3n) is 4.33. The van der Waals surface area contributed by atoms with Crippen LogP contribution in [-0.4, -0.2) is 23.9 Å². The number of hydrogen-bond donors (Lipinski definition) is 1. The van der Waals surface area contributed by atoms with Gasteiger partial charge in [0.25, 0.3) is 0 Å². The largest absolute Gasteiger partial charge is 0.545 e. The number of benzene rings is 2. The van der Waals surface area contributed by atoms with E-state index in [1.165, 1.54) is 23.5 Å². The lowest BCUT2D eigenvalue weighted by atomic mass is 10.1. The normalized spacial score (nSPS) is 13.0. The van der Waals surface area contributed by atoms with Crippen LogP contribution in [0.4, 0.5) is 16.5 Å². The molecule has 6 nitrogen and oxygen atoms in total. The third kappa shape index (κ3) is 2.93. The van der Waals surface area contributed by atoms with Gasteiger partial charge in [0, 0.05) is 29.4 Å². The molecule has 0 bridgehead atoms. The molecule has 1 aromatic heterocycles. The number of nitrogens with one attached hydrogen (secondary N) is 1. The van der Waals surface area contributed by atoms with Gasteiger partial charge in [-0.3, -0.25) is 4.79 Å². The molecular weight excluding hydrogens is 350 g/mol. The number of carbonyl (C=O) groups excluding carboxylic acids is 2. The fourth-order valence-corrected chi connectivity index (χ4v) is 3.65. The van der Waals surface area contributed by atoms with Gasteiger partial charge in [0.1, 0.15) is 0 Å². The summed E-state index contributed by atoms with van der Waals surface area (Å²) in [5, 5.41) is 16.6. The monoisotopic (exact) mass is 364 g/mol. The molecule has 3 aromatic rings. The highest BCUT2D eigenvalue weighted by Gasteiger charge is 2.24. The average molecular weight is 364 g/mol. The van der Waals surface area contributed by atoms with Gasteiger partial charge < -0.3 is 20.1 Å². The Bertz CT molecular complexity index is 1010. The van der Waals surface area contributed by atoms with Crippen LogP contribution in [0.25, 0.3) is 11.3 Å². The van der Waals surface area contributed by atoms with E-state index >= 15 is 0 Å². The SMILES string of the molecule is CN1C(=O)Cc2cc(-c3csc(Nc4ccc(C(=O)[O-])cc4)n3)ccc21. The number of anilines is 3. The topological polar surface area (TPSA) is 85.4 Å². The van der Waals surface area contributed by atoms with Crippen molar-refractivity contribution in [1.82, 2.24) is 4.98 Å². The van der Waals surface area contributed by atoms with E-state index in [0.717, 1.165) is 28.2 Å². The average Bonchev–Trinajstić information content (AvgIpc) is 3.20. The second kappa shape index (κ2) is 6.27. The Kier molecular flexibility index (Phi) is 3.93. The lowest BCUT2D eigenvalue weighted by molar-refractivity contribution is -0.255. The van der Waals surface area contributed by atoms with E-state index in [-0.39, 0.29) is 11.5 Å². The van der Waals surface area contributed by atoms with Gasteiger partial charge in [0.15, 0.2) is 5.13 Å². The Morgan fingerprint density at radius 1 is 1.23 bits per heavy atom. The van der Waals surface area contributed by atoms with Crippen molar-refractivity contribution in [3.05, 3.63) is 59.0 Å². The Balaban J connectivity index is 1.54. The molecule has 1 aliphatic rings. The van der Waals surface area contributed by atoms with Gasteiger partial charge in [-0.2, -0.15) is 0 Å². The number of hydrogen-bond acceptors (Lipinski definition) is 6. The first-order chi connectivity index (χ1) is 12.5. The van der Waals surface area contributed by atoms with E-state index in [1.807, 2.05) is 23.6 Å². The molecule has 1 N–H and O–H groups in total. The number of carboxylic acid groups (broad SMARTS) is 1. The lowest BCUT2D eigenvalue weighted by Gasteiger charge is -2.09. The zero-order chi connectivity index (χ0) is 18.3. The quantitative estimate of drug-likeness (QED) is 0.768. The molecule has 0 atom stereocenters. The maximum absolute atomic E-state index is 11.8. The highest BCUT2D eigenvalue weighted by molar-refractivity contribution is 7.14. The molecular formula is C19H14N3O3S-. The van der Waals surface area contributed by atoms with E-state index in [2.05, 4.69) is 10.3 Å². The summed E-state index contributed by atoms with van der Waals surface area (Å²) >= 11 is 1.46. The smallest absolute Gasteiger partial charge is 0.231 e. The molecule has 4 rings (SSSR count). The fraction of sp³-hybridized carbons (Fsp3) is 0.105. The molecule has 0 saturated carbocycles. The first kappa shape index (κ1) is 16.3. The summed E-state index contributed by atoms with van der Waals surface area (Å²) in [6.07, 6.45) is 0.416. The number of carboxylic acids is 1. The van der Waals surface area contributed by atoms with E-state index in [0.29, 0.717) is 11.6 Å². The van der Waals surface area contributed by atoms with Crippen molar-refractivity contribution in [3.63, 3.8) is 0 Å². The number of rotatable bonds is 4. The molecule has 1 amide bonds. The Labute approximate surface area is 153 Å². The van der Waals surface area contributed by atoms with Crippen molar-refractivity contribution < 1.29 is 14.7 Å². The molecule has 130 valence electrons. The van der Waals surface area contributed by atoms with Gasteiger partial charge in [-0.1, -0.05) is 18.2 Å². The molecule has 7 heteroatoms. The number of thiazole rings is 1. The summed E-state index contributed by atoms with van der Waals surface area (Å²) in [5.74, 6) is -1.10. The Hall–Kier alpha value is -3.19. The predicted octanol–water partition coefficient (Wildman–Crippen LogP) is 2.44. The maximum atomic E-state index is 11.8. The minimum atomic E-state index is -1.20. The van der Waals surface area contributed by atoms with E-state index < -0.39 is 5.97 Å². The van der Waals surface area contributed by atoms with Gasteiger partial charge in [-0.15, -0.1) is 11.3 Å². The number of fused-ring (bicyclic) bond motifs is 1. The molecule has 0 unspecified atom stereocenters. The van der Waals surface area contributed by atoms with Gasteiger partial charge in [-0.05, 0) is 35.4 Å². The molecule has 0 fully saturated rings. The molecule has 1 aliphatic heterocycles. The van der Waals surface area contributed by atoms with Gasteiger partial charge in [0.05, 0.1) is 18.1 Å². The zero-order valence-corrected chi connectivity index (χ0v) is 14.7. The Morgan fingerprint density at radius 3 is 2.73 bits per heavy atom. The molecule has 0 radical (unpaired) electrons. The fourth-order valence-electron chi connectivity index (χ4n) is 2.91. The predicted molar refractivity (Wildman–Crippen MR) is 98.7 cm³/mol. The van der Waals surface area contributed by atoms with Crippen molar-refractivity contribution in [3.8, 4) is 11.3 Å². The molecule has 2 heterocycles. The maximum Gasteiger partial charge on any atom is 0.231 e. The molecule has 26 heavy (non-hydrogen) atoms. The van der Waals surface area contributed by atoms with Crippen molar-refractivity contribution >= 4 is 39.7 Å². The summed E-state index contributed by atoms with van der Waals surface area (Å²) in [4.78, 5) is 28.8. The van der Waals surface area contributed by atoms with Crippen molar-refractivity contribution in [1.29, 1.82) is 0 Å². The third-order valence-corrected chi connectivity index (χ3v) is 5.09. The van der Waals surface area contributed by atoms with Crippen LogP contribution in [-0.2, 0) is 11.2 Å². The number of nitrogens with zero attached hydrogens (tertiary/aromatic N) is 2. The summed E-state index contributed by atoms with van der Waals surface area (Å²) in [6, 6.07) is 12.2. The van der Waals surface area contributed by atoms with E-state index in [9.17, 15) is 14.7 Å². The summed E-state index contributed by atoms with van der Waals surface area (Å²) in [5.41, 5.74) is 4.62. The van der Waals surface area contributed by atoms with E-state index in [1.54, 1.807) is 24.1 Å². The van der Waals surface area contributed by atoms with Gasteiger partial charge in [-0.25, -0.2) is 4.98 Å². The number of aromatic nitrogens is 1. The number of aromatic carboxylic acids is 1. The summed E-state index contributed by atoms with van der Waals surface area (Å²) < 4.78 is 0. The van der Waals surface area contributed by atoms with Gasteiger partial charge >= 0.3 is 0 Å². The van der Waals surface area contributed by atoms with Crippen LogP contribution in [0.15, 0.2) is 47.8 Å². The van der Waals surface area contributed by atoms with Crippen LogP contribution >= 0.6 is 11.3 Å². The van der Waals surface area contributed by atoms with Crippen LogP contribution in [0.2, 0.25) is 0 Å². The van der Waals surface area contributed by atoms with Crippen LogP contribution in [0, 0.1) is 0 Å². The van der Waals surface area contributed by atoms with Crippen LogP contribution in [0.1, 0.15) is 15.9 Å². The zero-order valence-electron chi connectivity index (χ0n) is 13.9. The van der Waals surface area contributed by atoms with Crippen molar-refractivity contribution in [2.45, 2.75) is 6.42 Å². The van der Waals surface area contributed by atoms with Crippen LogP contribution < -0.4 is 15.3 Å².